The average Bonchev–Trinajstić information content (AvgIpc) is 3.35. The van der Waals surface area contributed by atoms with Crippen LogP contribution in [0.4, 0.5) is 5.82 Å². The standard InChI is InChI=1S/C18H22N4O3S/c23-16(12-15-2-1-11-26-15)22-6-3-14(13-22)25-18-17(19-4-5-20-18)21-7-9-24-10-8-21/h1-2,4-5,11,14H,3,6-10,12-13H2. The average molecular weight is 374 g/mol. The summed E-state index contributed by atoms with van der Waals surface area (Å²) < 4.78 is 11.5. The maximum absolute atomic E-state index is 12.5. The van der Waals surface area contributed by atoms with Gasteiger partial charge in [0.15, 0.2) is 5.82 Å². The molecule has 1 amide bonds. The Labute approximate surface area is 156 Å². The van der Waals surface area contributed by atoms with Crippen LogP contribution in [0.15, 0.2) is 29.9 Å². The number of hydrogen-bond acceptors (Lipinski definition) is 7. The van der Waals surface area contributed by atoms with E-state index in [0.717, 1.165) is 36.8 Å². The lowest BCUT2D eigenvalue weighted by Gasteiger charge is -2.29. The second kappa shape index (κ2) is 8.01. The highest BCUT2D eigenvalue weighted by Gasteiger charge is 2.29. The Balaban J connectivity index is 1.37. The highest BCUT2D eigenvalue weighted by molar-refractivity contribution is 7.10. The maximum Gasteiger partial charge on any atom is 0.257 e. The van der Waals surface area contributed by atoms with Gasteiger partial charge in [-0.15, -0.1) is 11.3 Å². The Morgan fingerprint density at radius 2 is 2.12 bits per heavy atom. The van der Waals surface area contributed by atoms with E-state index < -0.39 is 0 Å². The number of aromatic nitrogens is 2. The Bertz CT molecular complexity index is 734. The van der Waals surface area contributed by atoms with Crippen molar-refractivity contribution in [1.29, 1.82) is 0 Å². The molecule has 1 unspecified atom stereocenters. The fourth-order valence-corrected chi connectivity index (χ4v) is 3.97. The van der Waals surface area contributed by atoms with E-state index in [1.807, 2.05) is 22.4 Å². The van der Waals surface area contributed by atoms with Crippen molar-refractivity contribution >= 4 is 23.1 Å². The molecule has 8 heteroatoms. The number of nitrogens with zero attached hydrogens (tertiary/aromatic N) is 4. The number of amides is 1. The molecule has 0 spiro atoms. The second-order valence-electron chi connectivity index (χ2n) is 6.41. The number of morpholine rings is 1. The third-order valence-electron chi connectivity index (χ3n) is 4.64. The van der Waals surface area contributed by atoms with Crippen molar-refractivity contribution in [3.05, 3.63) is 34.8 Å². The van der Waals surface area contributed by atoms with Crippen LogP contribution in [0.25, 0.3) is 0 Å². The first kappa shape index (κ1) is 17.2. The van der Waals surface area contributed by atoms with Gasteiger partial charge in [-0.2, -0.15) is 0 Å². The van der Waals surface area contributed by atoms with Gasteiger partial charge in [0.25, 0.3) is 5.88 Å². The number of hydrogen-bond donors (Lipinski definition) is 0. The lowest BCUT2D eigenvalue weighted by molar-refractivity contribution is -0.129. The third kappa shape index (κ3) is 3.96. The molecule has 0 radical (unpaired) electrons. The molecule has 2 fully saturated rings. The minimum Gasteiger partial charge on any atom is -0.470 e. The van der Waals surface area contributed by atoms with Gasteiger partial charge in [-0.1, -0.05) is 6.07 Å². The van der Waals surface area contributed by atoms with Crippen LogP contribution in [0.5, 0.6) is 5.88 Å². The van der Waals surface area contributed by atoms with Crippen LogP contribution in [0.1, 0.15) is 11.3 Å². The first-order valence-electron chi connectivity index (χ1n) is 8.90. The minimum absolute atomic E-state index is 0.0428. The molecule has 0 N–H and O–H groups in total. The monoisotopic (exact) mass is 374 g/mol. The van der Waals surface area contributed by atoms with Gasteiger partial charge in [0, 0.05) is 43.3 Å². The van der Waals surface area contributed by atoms with E-state index >= 15 is 0 Å². The maximum atomic E-state index is 12.5. The zero-order chi connectivity index (χ0) is 17.8. The van der Waals surface area contributed by atoms with E-state index in [4.69, 9.17) is 9.47 Å². The summed E-state index contributed by atoms with van der Waals surface area (Å²) in [7, 11) is 0. The van der Waals surface area contributed by atoms with Crippen LogP contribution in [0, 0.1) is 0 Å². The van der Waals surface area contributed by atoms with Crippen LogP contribution in [-0.4, -0.2) is 66.3 Å². The van der Waals surface area contributed by atoms with E-state index in [9.17, 15) is 4.79 Å². The number of carbonyl (C=O) groups excluding carboxylic acids is 1. The summed E-state index contributed by atoms with van der Waals surface area (Å²) in [5, 5.41) is 2.00. The van der Waals surface area contributed by atoms with Crippen LogP contribution < -0.4 is 9.64 Å². The molecular weight excluding hydrogens is 352 g/mol. The molecule has 0 aromatic carbocycles. The molecule has 2 aromatic rings. The quantitative estimate of drug-likeness (QED) is 0.792. The van der Waals surface area contributed by atoms with Gasteiger partial charge < -0.3 is 19.3 Å². The van der Waals surface area contributed by atoms with Gasteiger partial charge in [-0.25, -0.2) is 9.97 Å². The summed E-state index contributed by atoms with van der Waals surface area (Å²) in [5.41, 5.74) is 0. The summed E-state index contributed by atoms with van der Waals surface area (Å²) in [6.07, 6.45) is 4.57. The number of likely N-dealkylation sites (tertiary alicyclic amines) is 1. The van der Waals surface area contributed by atoms with E-state index in [-0.39, 0.29) is 12.0 Å². The molecule has 1 atom stereocenters. The Hall–Kier alpha value is -2.19. The molecule has 2 aliphatic heterocycles. The Morgan fingerprint density at radius 1 is 1.27 bits per heavy atom. The molecule has 2 aromatic heterocycles. The van der Waals surface area contributed by atoms with Gasteiger partial charge in [0.05, 0.1) is 26.2 Å². The number of carbonyl (C=O) groups is 1. The van der Waals surface area contributed by atoms with Gasteiger partial charge in [-0.05, 0) is 11.4 Å². The molecule has 2 saturated heterocycles. The predicted octanol–water partition coefficient (Wildman–Crippen LogP) is 1.60. The fraction of sp³-hybridized carbons (Fsp3) is 0.500. The predicted molar refractivity (Wildman–Crippen MR) is 98.7 cm³/mol. The molecule has 7 nitrogen and oxygen atoms in total. The molecule has 0 aliphatic carbocycles. The zero-order valence-corrected chi connectivity index (χ0v) is 15.4. The molecule has 4 heterocycles. The highest BCUT2D eigenvalue weighted by Crippen LogP contribution is 2.26. The Morgan fingerprint density at radius 3 is 2.92 bits per heavy atom. The highest BCUT2D eigenvalue weighted by atomic mass is 32.1. The van der Waals surface area contributed by atoms with Crippen molar-refractivity contribution < 1.29 is 14.3 Å². The summed E-state index contributed by atoms with van der Waals surface area (Å²) in [5.74, 6) is 1.47. The van der Waals surface area contributed by atoms with Gasteiger partial charge in [0.1, 0.15) is 6.10 Å². The smallest absolute Gasteiger partial charge is 0.257 e. The third-order valence-corrected chi connectivity index (χ3v) is 5.52. The van der Waals surface area contributed by atoms with E-state index in [1.165, 1.54) is 0 Å². The molecular formula is C18H22N4O3S. The fourth-order valence-electron chi connectivity index (χ4n) is 3.28. The number of rotatable bonds is 5. The molecule has 4 rings (SSSR count). The van der Waals surface area contributed by atoms with Crippen molar-refractivity contribution in [3.63, 3.8) is 0 Å². The van der Waals surface area contributed by atoms with E-state index in [2.05, 4.69) is 14.9 Å². The van der Waals surface area contributed by atoms with Crippen LogP contribution in [0.3, 0.4) is 0 Å². The first-order chi connectivity index (χ1) is 12.8. The van der Waals surface area contributed by atoms with E-state index in [1.54, 1.807) is 23.7 Å². The molecule has 2 aliphatic rings. The molecule has 26 heavy (non-hydrogen) atoms. The second-order valence-corrected chi connectivity index (χ2v) is 7.44. The summed E-state index contributed by atoms with van der Waals surface area (Å²) in [6.45, 7) is 4.26. The molecule has 0 bridgehead atoms. The minimum atomic E-state index is -0.0428. The van der Waals surface area contributed by atoms with Crippen LogP contribution in [0.2, 0.25) is 0 Å². The zero-order valence-electron chi connectivity index (χ0n) is 14.5. The molecule has 0 saturated carbocycles. The van der Waals surface area contributed by atoms with Crippen molar-refractivity contribution in [2.75, 3.05) is 44.3 Å². The first-order valence-corrected chi connectivity index (χ1v) is 9.78. The van der Waals surface area contributed by atoms with E-state index in [0.29, 0.717) is 32.1 Å². The lowest BCUT2D eigenvalue weighted by Crippen LogP contribution is -2.37. The van der Waals surface area contributed by atoms with Crippen molar-refractivity contribution in [3.8, 4) is 5.88 Å². The lowest BCUT2D eigenvalue weighted by atomic mass is 10.3. The Kier molecular flexibility index (Phi) is 5.31. The SMILES string of the molecule is O=C(Cc1cccs1)N1CCC(Oc2nccnc2N2CCOCC2)C1. The topological polar surface area (TPSA) is 67.8 Å². The largest absolute Gasteiger partial charge is 0.470 e. The number of ether oxygens (including phenoxy) is 2. The number of thiophene rings is 1. The van der Waals surface area contributed by atoms with Crippen molar-refractivity contribution in [2.45, 2.75) is 18.9 Å². The van der Waals surface area contributed by atoms with Crippen LogP contribution in [-0.2, 0) is 16.0 Å². The van der Waals surface area contributed by atoms with Gasteiger partial charge in [-0.3, -0.25) is 4.79 Å². The number of anilines is 1. The van der Waals surface area contributed by atoms with Gasteiger partial charge >= 0.3 is 0 Å². The molecule has 138 valence electrons. The van der Waals surface area contributed by atoms with Crippen LogP contribution >= 0.6 is 11.3 Å². The van der Waals surface area contributed by atoms with Gasteiger partial charge in [0.2, 0.25) is 5.91 Å². The summed E-state index contributed by atoms with van der Waals surface area (Å²) in [4.78, 5) is 26.4. The summed E-state index contributed by atoms with van der Waals surface area (Å²) >= 11 is 1.62. The summed E-state index contributed by atoms with van der Waals surface area (Å²) in [6, 6.07) is 3.98. The van der Waals surface area contributed by atoms with Crippen molar-refractivity contribution in [2.24, 2.45) is 0 Å². The normalized spacial score (nSPS) is 20.4. The van der Waals surface area contributed by atoms with Crippen molar-refractivity contribution in [1.82, 2.24) is 14.9 Å².